The van der Waals surface area contributed by atoms with Crippen molar-refractivity contribution < 1.29 is 89.7 Å². The van der Waals surface area contributed by atoms with Crippen molar-refractivity contribution in [2.24, 2.45) is 11.7 Å². The molecule has 11 unspecified atom stereocenters. The number of carbonyl (C=O) groups is 7. The highest BCUT2D eigenvalue weighted by Crippen LogP contribution is 2.15. The van der Waals surface area contributed by atoms with Gasteiger partial charge in [-0.25, -0.2) is 4.79 Å². The minimum atomic E-state index is -2.05. The Kier molecular flexibility index (Phi) is 25.6. The molecule has 0 radical (unpaired) electrons. The second-order valence-electron chi connectivity index (χ2n) is 16.6. The molecular weight excluding hydrogens is 904 g/mol. The van der Waals surface area contributed by atoms with Crippen LogP contribution in [-0.2, 0) is 35.4 Å². The summed E-state index contributed by atoms with van der Waals surface area (Å²) < 4.78 is 0. The molecule has 0 bridgehead atoms. The Labute approximate surface area is 391 Å². The molecule has 68 heavy (non-hydrogen) atoms. The van der Waals surface area contributed by atoms with Gasteiger partial charge in [0.05, 0.1) is 32.0 Å². The van der Waals surface area contributed by atoms with Crippen molar-refractivity contribution in [3.63, 3.8) is 0 Å². The van der Waals surface area contributed by atoms with Crippen molar-refractivity contribution in [1.82, 2.24) is 31.1 Å². The first-order chi connectivity index (χ1) is 32.0. The predicted octanol–water partition coefficient (Wildman–Crippen LogP) is -7.05. The van der Waals surface area contributed by atoms with E-state index in [1.807, 2.05) is 0 Å². The quantitative estimate of drug-likeness (QED) is 0.0236. The molecule has 0 saturated heterocycles. The lowest BCUT2D eigenvalue weighted by Crippen LogP contribution is -2.58. The van der Waals surface area contributed by atoms with E-state index in [9.17, 15) is 89.7 Å². The van der Waals surface area contributed by atoms with Crippen molar-refractivity contribution in [1.29, 1.82) is 0 Å². The van der Waals surface area contributed by atoms with Gasteiger partial charge in [0.15, 0.2) is 0 Å². The highest BCUT2D eigenvalue weighted by atomic mass is 16.4. The van der Waals surface area contributed by atoms with E-state index < -0.39 is 147 Å². The van der Waals surface area contributed by atoms with E-state index in [2.05, 4.69) is 26.6 Å². The highest BCUT2D eigenvalue weighted by molar-refractivity contribution is 6.14. The molecule has 1 aromatic rings. The van der Waals surface area contributed by atoms with E-state index in [0.717, 1.165) is 12.2 Å². The summed E-state index contributed by atoms with van der Waals surface area (Å²) >= 11 is 0. The van der Waals surface area contributed by atoms with Gasteiger partial charge in [-0.15, -0.1) is 0 Å². The van der Waals surface area contributed by atoms with E-state index >= 15 is 0 Å². The third-order valence-corrected chi connectivity index (χ3v) is 10.9. The van der Waals surface area contributed by atoms with E-state index in [1.165, 1.54) is 17.0 Å². The number of hydrogen-bond acceptors (Lipinski definition) is 19. The van der Waals surface area contributed by atoms with Gasteiger partial charge in [0.25, 0.3) is 11.8 Å². The molecule has 26 heteroatoms. The SMILES string of the molecule is CC(C)C(NC(=O)C(CCCCN(CC(O)C(O)C(O)C(O)CO)CC(O)C(O)C(O)C(O)CO)NC(=O)CN1C(=O)C=CC1=O)C(=O)NC(CCCNC(N)=O)C(=O)Nc1ccc(CO)cc1. The topological polar surface area (TPSA) is 435 Å². The summed E-state index contributed by atoms with van der Waals surface area (Å²) in [4.78, 5) is 92.2. The molecule has 0 saturated carbocycles. The van der Waals surface area contributed by atoms with Gasteiger partial charge in [0.2, 0.25) is 23.6 Å². The molecular formula is C42H68N8O18. The number of urea groups is 1. The summed E-state index contributed by atoms with van der Waals surface area (Å²) in [6.07, 6.45) is -13.7. The van der Waals surface area contributed by atoms with Gasteiger partial charge in [0.1, 0.15) is 61.3 Å². The minimum Gasteiger partial charge on any atom is -0.394 e. The van der Waals surface area contributed by atoms with Crippen LogP contribution in [0.3, 0.4) is 0 Å². The highest BCUT2D eigenvalue weighted by Gasteiger charge is 2.36. The summed E-state index contributed by atoms with van der Waals surface area (Å²) in [7, 11) is 0. The van der Waals surface area contributed by atoms with Crippen molar-refractivity contribution in [2.75, 3.05) is 51.3 Å². The van der Waals surface area contributed by atoms with Gasteiger partial charge in [-0.3, -0.25) is 38.6 Å². The van der Waals surface area contributed by atoms with E-state index in [1.54, 1.807) is 26.0 Å². The van der Waals surface area contributed by atoms with Crippen molar-refractivity contribution in [2.45, 2.75) is 120 Å². The summed E-state index contributed by atoms with van der Waals surface area (Å²) in [5, 5.41) is 123. The zero-order valence-electron chi connectivity index (χ0n) is 37.8. The first kappa shape index (κ1) is 58.9. The number of anilines is 1. The average Bonchev–Trinajstić information content (AvgIpc) is 3.62. The lowest BCUT2D eigenvalue weighted by atomic mass is 10.00. The molecule has 2 rings (SSSR count). The van der Waals surface area contributed by atoms with Crippen LogP contribution in [-0.4, -0.2) is 220 Å². The second-order valence-corrected chi connectivity index (χ2v) is 16.6. The third-order valence-electron chi connectivity index (χ3n) is 10.9. The standard InChI is InChI=1S/C42H68N8O18/c1-22(2)34(41(67)47-26(7-5-14-44-42(43)68)39(65)45-24-10-8-23(19-51)9-11-24)48-40(66)25(46-31(58)18-50-32(59)12-13-33(50)60)6-3-4-15-49(16-27(54)35(61)37(63)29(56)20-52)17-28(55)36(62)38(64)30(57)21-53/h8-13,22,25-30,34-38,51-57,61-64H,3-7,14-21H2,1-2H3,(H,45,65)(H,46,58)(H,47,67)(H,48,66)(H3,43,44,68). The number of nitrogens with one attached hydrogen (secondary N) is 5. The first-order valence-corrected chi connectivity index (χ1v) is 21.9. The Balaban J connectivity index is 2.34. The molecule has 0 aromatic heterocycles. The smallest absolute Gasteiger partial charge is 0.312 e. The minimum absolute atomic E-state index is 0.00774. The number of imide groups is 1. The zero-order chi connectivity index (χ0) is 51.2. The number of nitrogens with two attached hydrogens (primary N) is 1. The third kappa shape index (κ3) is 19.4. The number of hydrogen-bond donors (Lipinski definition) is 17. The number of aliphatic hydroxyl groups is 11. The van der Waals surface area contributed by atoms with E-state index in [4.69, 9.17) is 5.73 Å². The zero-order valence-corrected chi connectivity index (χ0v) is 37.8. The number of amides is 8. The Bertz CT molecular complexity index is 1780. The number of benzene rings is 1. The number of rotatable bonds is 32. The van der Waals surface area contributed by atoms with Gasteiger partial charge in [0, 0.05) is 37.5 Å². The summed E-state index contributed by atoms with van der Waals surface area (Å²) in [6, 6.07) is 1.37. The van der Waals surface area contributed by atoms with Gasteiger partial charge >= 0.3 is 6.03 Å². The van der Waals surface area contributed by atoms with Crippen LogP contribution in [0.5, 0.6) is 0 Å². The number of aliphatic hydroxyl groups excluding tert-OH is 11. The molecule has 11 atom stereocenters. The molecule has 8 amide bonds. The maximum Gasteiger partial charge on any atom is 0.312 e. The van der Waals surface area contributed by atoms with Crippen LogP contribution >= 0.6 is 0 Å². The first-order valence-electron chi connectivity index (χ1n) is 21.9. The van der Waals surface area contributed by atoms with E-state index in [-0.39, 0.29) is 51.8 Å². The van der Waals surface area contributed by atoms with Crippen LogP contribution in [0, 0.1) is 5.92 Å². The number of primary amides is 1. The van der Waals surface area contributed by atoms with Crippen LogP contribution in [0.2, 0.25) is 0 Å². The van der Waals surface area contributed by atoms with Crippen molar-refractivity contribution in [3.05, 3.63) is 42.0 Å². The fraction of sp³-hybridized carbons (Fsp3) is 0.643. The Morgan fingerprint density at radius 1 is 0.647 bits per heavy atom. The Morgan fingerprint density at radius 3 is 1.63 bits per heavy atom. The van der Waals surface area contributed by atoms with Crippen molar-refractivity contribution in [3.8, 4) is 0 Å². The molecule has 18 N–H and O–H groups in total. The van der Waals surface area contributed by atoms with Crippen LogP contribution in [0.15, 0.2) is 36.4 Å². The van der Waals surface area contributed by atoms with E-state index in [0.29, 0.717) is 16.2 Å². The monoisotopic (exact) mass is 972 g/mol. The van der Waals surface area contributed by atoms with Gasteiger partial charge in [-0.2, -0.15) is 0 Å². The van der Waals surface area contributed by atoms with Gasteiger partial charge in [-0.05, 0) is 62.3 Å². The molecule has 1 aliphatic rings. The van der Waals surface area contributed by atoms with Gasteiger partial charge in [-0.1, -0.05) is 26.0 Å². The second kappa shape index (κ2) is 29.6. The molecule has 0 aliphatic carbocycles. The summed E-state index contributed by atoms with van der Waals surface area (Å²) in [5.74, 6) is -5.56. The fourth-order valence-corrected chi connectivity index (χ4v) is 6.81. The molecule has 384 valence electrons. The number of unbranched alkanes of at least 4 members (excludes halogenated alkanes) is 1. The Morgan fingerprint density at radius 2 is 1.15 bits per heavy atom. The van der Waals surface area contributed by atoms with Crippen molar-refractivity contribution >= 4 is 47.2 Å². The number of carbonyl (C=O) groups excluding carboxylic acids is 7. The average molecular weight is 973 g/mol. The lowest BCUT2D eigenvalue weighted by Gasteiger charge is -2.33. The molecule has 26 nitrogen and oxygen atoms in total. The normalized spacial score (nSPS) is 17.6. The largest absolute Gasteiger partial charge is 0.394 e. The van der Waals surface area contributed by atoms with Gasteiger partial charge < -0.3 is 88.5 Å². The maximum absolute atomic E-state index is 14.0. The molecule has 1 aliphatic heterocycles. The van der Waals surface area contributed by atoms with Crippen LogP contribution in [0.1, 0.15) is 51.5 Å². The Hall–Kier alpha value is -5.23. The molecule has 1 aromatic carbocycles. The number of nitrogens with zero attached hydrogens (tertiary/aromatic N) is 2. The van der Waals surface area contributed by atoms with Crippen LogP contribution in [0.4, 0.5) is 10.5 Å². The lowest BCUT2D eigenvalue weighted by molar-refractivity contribution is -0.141. The van der Waals surface area contributed by atoms with Crippen LogP contribution in [0.25, 0.3) is 0 Å². The molecule has 0 spiro atoms. The molecule has 0 fully saturated rings. The van der Waals surface area contributed by atoms with Crippen LogP contribution < -0.4 is 32.3 Å². The summed E-state index contributed by atoms with van der Waals surface area (Å²) in [6.45, 7) is -1.05. The summed E-state index contributed by atoms with van der Waals surface area (Å²) in [5.41, 5.74) is 6.06. The molecule has 1 heterocycles. The maximum atomic E-state index is 14.0. The fourth-order valence-electron chi connectivity index (χ4n) is 6.81. The predicted molar refractivity (Wildman–Crippen MR) is 237 cm³/mol.